The summed E-state index contributed by atoms with van der Waals surface area (Å²) in [5.74, 6) is 0. The van der Waals surface area contributed by atoms with Crippen LogP contribution in [-0.4, -0.2) is 19.7 Å². The number of hydrogen-bond acceptors (Lipinski definition) is 2. The van der Waals surface area contributed by atoms with E-state index in [9.17, 15) is 0 Å². The van der Waals surface area contributed by atoms with Gasteiger partial charge in [0, 0.05) is 13.2 Å². The first-order chi connectivity index (χ1) is 7.29. The van der Waals surface area contributed by atoms with Crippen LogP contribution in [0.2, 0.25) is 0 Å². The van der Waals surface area contributed by atoms with Gasteiger partial charge in [-0.3, -0.25) is 0 Å². The largest absolute Gasteiger partial charge is 0.375 e. The number of ether oxygens (including phenoxy) is 1. The van der Waals surface area contributed by atoms with E-state index in [1.165, 1.54) is 5.56 Å². The Balaban J connectivity index is 2.63. The Morgan fingerprint density at radius 3 is 2.47 bits per heavy atom. The monoisotopic (exact) mass is 207 g/mol. The highest BCUT2D eigenvalue weighted by molar-refractivity contribution is 5.18. The summed E-state index contributed by atoms with van der Waals surface area (Å²) in [7, 11) is 1.77. The Morgan fingerprint density at radius 1 is 1.27 bits per heavy atom. The van der Waals surface area contributed by atoms with E-state index in [2.05, 4.69) is 31.3 Å². The molecule has 0 saturated heterocycles. The lowest BCUT2D eigenvalue weighted by molar-refractivity contribution is 0.0737. The van der Waals surface area contributed by atoms with Crippen LogP contribution in [0.5, 0.6) is 0 Å². The molecule has 1 rings (SSSR count). The van der Waals surface area contributed by atoms with Crippen molar-refractivity contribution in [1.82, 2.24) is 5.32 Å². The molecule has 0 saturated carbocycles. The Morgan fingerprint density at radius 2 is 1.93 bits per heavy atom. The molecule has 0 spiro atoms. The lowest BCUT2D eigenvalue weighted by Gasteiger charge is -2.24. The zero-order chi connectivity index (χ0) is 11.1. The van der Waals surface area contributed by atoms with Gasteiger partial charge in [0.2, 0.25) is 0 Å². The van der Waals surface area contributed by atoms with Crippen molar-refractivity contribution in [2.45, 2.75) is 32.4 Å². The second-order valence-electron chi connectivity index (χ2n) is 3.81. The molecule has 0 aromatic heterocycles. The van der Waals surface area contributed by atoms with Gasteiger partial charge in [0.1, 0.15) is 0 Å². The topological polar surface area (TPSA) is 21.3 Å². The predicted molar refractivity (Wildman–Crippen MR) is 63.9 cm³/mol. The molecule has 2 nitrogen and oxygen atoms in total. The average Bonchev–Trinajstić information content (AvgIpc) is 2.29. The highest BCUT2D eigenvalue weighted by Crippen LogP contribution is 2.19. The lowest BCUT2D eigenvalue weighted by Crippen LogP contribution is -2.33. The first kappa shape index (κ1) is 12.2. The van der Waals surface area contributed by atoms with Crippen molar-refractivity contribution < 1.29 is 4.74 Å². The van der Waals surface area contributed by atoms with E-state index in [0.29, 0.717) is 6.04 Å². The quantitative estimate of drug-likeness (QED) is 0.774. The van der Waals surface area contributed by atoms with Crippen LogP contribution in [0, 0.1) is 0 Å². The summed E-state index contributed by atoms with van der Waals surface area (Å²) in [6.45, 7) is 5.37. The summed E-state index contributed by atoms with van der Waals surface area (Å²) in [6, 6.07) is 10.7. The van der Waals surface area contributed by atoms with Crippen molar-refractivity contribution in [2.24, 2.45) is 0 Å². The van der Waals surface area contributed by atoms with Gasteiger partial charge in [-0.1, -0.05) is 37.3 Å². The summed E-state index contributed by atoms with van der Waals surface area (Å²) in [4.78, 5) is 0. The van der Waals surface area contributed by atoms with E-state index in [4.69, 9.17) is 4.74 Å². The van der Waals surface area contributed by atoms with E-state index in [1.807, 2.05) is 18.2 Å². The molecule has 0 aliphatic carbocycles. The number of hydrogen-bond donors (Lipinski definition) is 1. The molecule has 0 fully saturated rings. The normalized spacial score (nSPS) is 14.9. The third-order valence-corrected chi connectivity index (χ3v) is 2.55. The van der Waals surface area contributed by atoms with Crippen molar-refractivity contribution >= 4 is 0 Å². The summed E-state index contributed by atoms with van der Waals surface area (Å²) >= 11 is 0. The molecule has 84 valence electrons. The standard InChI is InChI=1S/C13H21NO/c1-4-10-14-11(2)13(15-3)12-8-6-5-7-9-12/h5-9,11,13-14H,4,10H2,1-3H3. The van der Waals surface area contributed by atoms with Crippen LogP contribution < -0.4 is 5.32 Å². The van der Waals surface area contributed by atoms with Crippen LogP contribution in [-0.2, 0) is 4.74 Å². The van der Waals surface area contributed by atoms with Crippen LogP contribution in [0.4, 0.5) is 0 Å². The Labute approximate surface area is 92.6 Å². The minimum absolute atomic E-state index is 0.137. The van der Waals surface area contributed by atoms with Gasteiger partial charge in [-0.2, -0.15) is 0 Å². The molecule has 2 heteroatoms. The van der Waals surface area contributed by atoms with Crippen molar-refractivity contribution in [2.75, 3.05) is 13.7 Å². The molecular weight excluding hydrogens is 186 g/mol. The minimum atomic E-state index is 0.137. The fourth-order valence-electron chi connectivity index (χ4n) is 1.75. The summed E-state index contributed by atoms with van der Waals surface area (Å²) in [6.07, 6.45) is 1.29. The molecule has 1 N–H and O–H groups in total. The predicted octanol–water partition coefficient (Wildman–Crippen LogP) is 2.76. The van der Waals surface area contributed by atoms with E-state index in [-0.39, 0.29) is 6.10 Å². The first-order valence-electron chi connectivity index (χ1n) is 5.60. The second-order valence-corrected chi connectivity index (χ2v) is 3.81. The molecule has 15 heavy (non-hydrogen) atoms. The van der Waals surface area contributed by atoms with Gasteiger partial charge >= 0.3 is 0 Å². The van der Waals surface area contributed by atoms with Gasteiger partial charge in [0.05, 0.1) is 6.10 Å². The molecule has 1 aromatic rings. The first-order valence-corrected chi connectivity index (χ1v) is 5.60. The van der Waals surface area contributed by atoms with Crippen LogP contribution in [0.1, 0.15) is 31.9 Å². The minimum Gasteiger partial charge on any atom is -0.375 e. The lowest BCUT2D eigenvalue weighted by atomic mass is 10.0. The molecular formula is C13H21NO. The molecule has 1 aromatic carbocycles. The second kappa shape index (κ2) is 6.59. The van der Waals surface area contributed by atoms with Crippen molar-refractivity contribution in [1.29, 1.82) is 0 Å². The molecule has 2 atom stereocenters. The Bertz CT molecular complexity index is 260. The zero-order valence-electron chi connectivity index (χ0n) is 9.86. The van der Waals surface area contributed by atoms with Crippen LogP contribution in [0.3, 0.4) is 0 Å². The van der Waals surface area contributed by atoms with E-state index in [1.54, 1.807) is 7.11 Å². The van der Waals surface area contributed by atoms with E-state index < -0.39 is 0 Å². The van der Waals surface area contributed by atoms with Crippen molar-refractivity contribution in [3.8, 4) is 0 Å². The highest BCUT2D eigenvalue weighted by Gasteiger charge is 2.17. The zero-order valence-corrected chi connectivity index (χ0v) is 9.86. The van der Waals surface area contributed by atoms with Gasteiger partial charge in [-0.25, -0.2) is 0 Å². The van der Waals surface area contributed by atoms with Gasteiger partial charge in [-0.05, 0) is 25.5 Å². The number of nitrogens with one attached hydrogen (secondary N) is 1. The van der Waals surface area contributed by atoms with Crippen LogP contribution in [0.25, 0.3) is 0 Å². The van der Waals surface area contributed by atoms with Gasteiger partial charge in [-0.15, -0.1) is 0 Å². The molecule has 0 bridgehead atoms. The summed E-state index contributed by atoms with van der Waals surface area (Å²) < 4.78 is 5.53. The Hall–Kier alpha value is -0.860. The van der Waals surface area contributed by atoms with Crippen molar-refractivity contribution in [3.05, 3.63) is 35.9 Å². The number of methoxy groups -OCH3 is 1. The third-order valence-electron chi connectivity index (χ3n) is 2.55. The summed E-state index contributed by atoms with van der Waals surface area (Å²) in [5, 5.41) is 3.46. The third kappa shape index (κ3) is 3.65. The fourth-order valence-corrected chi connectivity index (χ4v) is 1.75. The van der Waals surface area contributed by atoms with E-state index >= 15 is 0 Å². The van der Waals surface area contributed by atoms with Crippen molar-refractivity contribution in [3.63, 3.8) is 0 Å². The molecule has 0 radical (unpaired) electrons. The maximum absolute atomic E-state index is 5.53. The molecule has 2 unspecified atom stereocenters. The molecule has 0 heterocycles. The van der Waals surface area contributed by atoms with Gasteiger partial charge in [0.25, 0.3) is 0 Å². The maximum Gasteiger partial charge on any atom is 0.0971 e. The molecule has 0 amide bonds. The van der Waals surface area contributed by atoms with Crippen LogP contribution in [0.15, 0.2) is 30.3 Å². The maximum atomic E-state index is 5.53. The number of benzene rings is 1. The Kier molecular flexibility index (Phi) is 5.37. The number of rotatable bonds is 6. The van der Waals surface area contributed by atoms with E-state index in [0.717, 1.165) is 13.0 Å². The fraction of sp³-hybridized carbons (Fsp3) is 0.538. The SMILES string of the molecule is CCCNC(C)C(OC)c1ccccc1. The van der Waals surface area contributed by atoms with Gasteiger partial charge in [0.15, 0.2) is 0 Å². The average molecular weight is 207 g/mol. The van der Waals surface area contributed by atoms with Gasteiger partial charge < -0.3 is 10.1 Å². The van der Waals surface area contributed by atoms with Crippen LogP contribution >= 0.6 is 0 Å². The highest BCUT2D eigenvalue weighted by atomic mass is 16.5. The summed E-state index contributed by atoms with van der Waals surface area (Å²) in [5.41, 5.74) is 1.23. The smallest absolute Gasteiger partial charge is 0.0971 e. The molecule has 0 aliphatic heterocycles. The molecule has 0 aliphatic rings.